The largest absolute Gasteiger partial charge is 0.388 e. The number of carbonyl (C=O) groups excluding carboxylic acids is 1. The molecule has 0 aliphatic rings. The van der Waals surface area contributed by atoms with Gasteiger partial charge in [-0.3, -0.25) is 4.79 Å². The summed E-state index contributed by atoms with van der Waals surface area (Å²) in [7, 11) is 0. The second-order valence-corrected chi connectivity index (χ2v) is 2.95. The molecule has 0 aromatic carbocycles. The third-order valence-corrected chi connectivity index (χ3v) is 1.46. The van der Waals surface area contributed by atoms with Gasteiger partial charge in [0.05, 0.1) is 11.6 Å². The van der Waals surface area contributed by atoms with Gasteiger partial charge < -0.3 is 10.8 Å². The number of ketones is 1. The number of hydrogen-bond donors (Lipinski definition) is 2. The van der Waals surface area contributed by atoms with Crippen LogP contribution in [0.2, 0.25) is 0 Å². The molecular formula is C7H15NO2. The lowest BCUT2D eigenvalue weighted by Gasteiger charge is -2.23. The molecule has 0 saturated heterocycles. The quantitative estimate of drug-likeness (QED) is 0.590. The lowest BCUT2D eigenvalue weighted by Crippen LogP contribution is -2.48. The summed E-state index contributed by atoms with van der Waals surface area (Å²) in [6, 6.07) is -0.752. The Morgan fingerprint density at radius 2 is 2.10 bits per heavy atom. The van der Waals surface area contributed by atoms with E-state index in [2.05, 4.69) is 0 Å². The van der Waals surface area contributed by atoms with Gasteiger partial charge in [-0.1, -0.05) is 6.92 Å². The zero-order valence-electron chi connectivity index (χ0n) is 6.72. The predicted molar refractivity (Wildman–Crippen MR) is 39.6 cm³/mol. The van der Waals surface area contributed by atoms with Gasteiger partial charge in [0.2, 0.25) is 0 Å². The normalized spacial score (nSPS) is 14.9. The molecule has 0 bridgehead atoms. The Bertz CT molecular complexity index is 126. The van der Waals surface area contributed by atoms with Gasteiger partial charge in [0.1, 0.15) is 0 Å². The van der Waals surface area contributed by atoms with Gasteiger partial charge in [0, 0.05) is 6.42 Å². The van der Waals surface area contributed by atoms with Crippen LogP contribution in [-0.4, -0.2) is 22.5 Å². The lowest BCUT2D eigenvalue weighted by molar-refractivity contribution is -0.124. The van der Waals surface area contributed by atoms with Crippen molar-refractivity contribution in [3.63, 3.8) is 0 Å². The van der Waals surface area contributed by atoms with Crippen LogP contribution in [0.1, 0.15) is 27.2 Å². The first kappa shape index (κ1) is 9.59. The van der Waals surface area contributed by atoms with Crippen LogP contribution in [0.4, 0.5) is 0 Å². The Hall–Kier alpha value is -0.410. The van der Waals surface area contributed by atoms with E-state index < -0.39 is 11.6 Å². The highest BCUT2D eigenvalue weighted by Gasteiger charge is 2.27. The summed E-state index contributed by atoms with van der Waals surface area (Å²) in [5, 5.41) is 9.24. The SMILES string of the molecule is CCC(=O)C(N)C(C)(C)O. The second kappa shape index (κ2) is 3.12. The molecule has 0 rings (SSSR count). The van der Waals surface area contributed by atoms with Crippen molar-refractivity contribution < 1.29 is 9.90 Å². The first-order chi connectivity index (χ1) is 4.39. The van der Waals surface area contributed by atoms with Crippen molar-refractivity contribution >= 4 is 5.78 Å². The number of carbonyl (C=O) groups is 1. The summed E-state index contributed by atoms with van der Waals surface area (Å²) in [6.45, 7) is 4.80. The van der Waals surface area contributed by atoms with Crippen LogP contribution >= 0.6 is 0 Å². The van der Waals surface area contributed by atoms with E-state index in [-0.39, 0.29) is 5.78 Å². The van der Waals surface area contributed by atoms with Gasteiger partial charge in [-0.25, -0.2) is 0 Å². The molecule has 0 aromatic rings. The maximum atomic E-state index is 10.9. The first-order valence-electron chi connectivity index (χ1n) is 3.40. The molecular weight excluding hydrogens is 130 g/mol. The fourth-order valence-electron chi connectivity index (χ4n) is 0.614. The van der Waals surface area contributed by atoms with Crippen LogP contribution in [-0.2, 0) is 4.79 Å². The molecule has 0 amide bonds. The summed E-state index contributed by atoms with van der Waals surface area (Å²) in [4.78, 5) is 10.9. The average Bonchev–Trinajstić information content (AvgIpc) is 1.83. The van der Waals surface area contributed by atoms with Crippen molar-refractivity contribution in [1.29, 1.82) is 0 Å². The topological polar surface area (TPSA) is 63.3 Å². The molecule has 3 nitrogen and oxygen atoms in total. The fourth-order valence-corrected chi connectivity index (χ4v) is 0.614. The van der Waals surface area contributed by atoms with E-state index in [1.807, 2.05) is 0 Å². The summed E-state index contributed by atoms with van der Waals surface area (Å²) < 4.78 is 0. The summed E-state index contributed by atoms with van der Waals surface area (Å²) in [6.07, 6.45) is 0.380. The maximum Gasteiger partial charge on any atom is 0.152 e. The summed E-state index contributed by atoms with van der Waals surface area (Å²) in [5.74, 6) is -0.104. The zero-order chi connectivity index (χ0) is 8.36. The van der Waals surface area contributed by atoms with Gasteiger partial charge >= 0.3 is 0 Å². The highest BCUT2D eigenvalue weighted by molar-refractivity contribution is 5.84. The monoisotopic (exact) mass is 145 g/mol. The zero-order valence-corrected chi connectivity index (χ0v) is 6.72. The van der Waals surface area contributed by atoms with Crippen molar-refractivity contribution in [1.82, 2.24) is 0 Å². The Morgan fingerprint density at radius 3 is 2.20 bits per heavy atom. The number of hydrogen-bond acceptors (Lipinski definition) is 3. The molecule has 3 heteroatoms. The summed E-state index contributed by atoms with van der Waals surface area (Å²) >= 11 is 0. The molecule has 60 valence electrons. The maximum absolute atomic E-state index is 10.9. The molecule has 0 aromatic heterocycles. The molecule has 0 aliphatic heterocycles. The minimum atomic E-state index is -1.09. The third-order valence-electron chi connectivity index (χ3n) is 1.46. The van der Waals surface area contributed by atoms with Crippen LogP contribution in [0, 0.1) is 0 Å². The lowest BCUT2D eigenvalue weighted by atomic mass is 9.95. The smallest absolute Gasteiger partial charge is 0.152 e. The van der Waals surface area contributed by atoms with Crippen molar-refractivity contribution in [3.05, 3.63) is 0 Å². The number of nitrogens with two attached hydrogens (primary N) is 1. The van der Waals surface area contributed by atoms with E-state index in [0.29, 0.717) is 6.42 Å². The fraction of sp³-hybridized carbons (Fsp3) is 0.857. The minimum absolute atomic E-state index is 0.104. The summed E-state index contributed by atoms with van der Waals surface area (Å²) in [5.41, 5.74) is 4.32. The molecule has 0 heterocycles. The van der Waals surface area contributed by atoms with E-state index in [0.717, 1.165) is 0 Å². The Labute approximate surface area is 61.2 Å². The van der Waals surface area contributed by atoms with E-state index in [1.165, 1.54) is 13.8 Å². The van der Waals surface area contributed by atoms with E-state index >= 15 is 0 Å². The average molecular weight is 145 g/mol. The minimum Gasteiger partial charge on any atom is -0.388 e. The third kappa shape index (κ3) is 2.45. The number of Topliss-reactive ketones (excluding diaryl/α,β-unsaturated/α-hetero) is 1. The van der Waals surface area contributed by atoms with Gasteiger partial charge in [-0.2, -0.15) is 0 Å². The Balaban J connectivity index is 4.08. The van der Waals surface area contributed by atoms with Crippen molar-refractivity contribution in [2.45, 2.75) is 38.8 Å². The Morgan fingerprint density at radius 1 is 1.70 bits per heavy atom. The van der Waals surface area contributed by atoms with E-state index in [9.17, 15) is 9.90 Å². The standard InChI is InChI=1S/C7H15NO2/c1-4-5(9)6(8)7(2,3)10/h6,10H,4,8H2,1-3H3. The Kier molecular flexibility index (Phi) is 2.99. The van der Waals surface area contributed by atoms with Crippen LogP contribution in [0.3, 0.4) is 0 Å². The molecule has 0 fully saturated rings. The van der Waals surface area contributed by atoms with Gasteiger partial charge in [0.15, 0.2) is 5.78 Å². The molecule has 1 atom stereocenters. The molecule has 3 N–H and O–H groups in total. The van der Waals surface area contributed by atoms with Gasteiger partial charge in [0.25, 0.3) is 0 Å². The predicted octanol–water partition coefficient (Wildman–Crippen LogP) is 0.0637. The second-order valence-electron chi connectivity index (χ2n) is 2.95. The molecule has 0 aliphatic carbocycles. The van der Waals surface area contributed by atoms with Crippen molar-refractivity contribution in [2.24, 2.45) is 5.73 Å². The highest BCUT2D eigenvalue weighted by atomic mass is 16.3. The van der Waals surface area contributed by atoms with Gasteiger partial charge in [-0.15, -0.1) is 0 Å². The molecule has 0 radical (unpaired) electrons. The van der Waals surface area contributed by atoms with Crippen LogP contribution in [0.5, 0.6) is 0 Å². The van der Waals surface area contributed by atoms with E-state index in [1.54, 1.807) is 6.92 Å². The van der Waals surface area contributed by atoms with E-state index in [4.69, 9.17) is 5.73 Å². The molecule has 0 saturated carbocycles. The van der Waals surface area contributed by atoms with Crippen molar-refractivity contribution in [3.8, 4) is 0 Å². The van der Waals surface area contributed by atoms with Crippen LogP contribution < -0.4 is 5.73 Å². The first-order valence-corrected chi connectivity index (χ1v) is 3.40. The molecule has 1 unspecified atom stereocenters. The van der Waals surface area contributed by atoms with Gasteiger partial charge in [-0.05, 0) is 13.8 Å². The highest BCUT2D eigenvalue weighted by Crippen LogP contribution is 2.07. The molecule has 0 spiro atoms. The van der Waals surface area contributed by atoms with Crippen LogP contribution in [0.15, 0.2) is 0 Å². The molecule has 10 heavy (non-hydrogen) atoms. The number of rotatable bonds is 3. The van der Waals surface area contributed by atoms with Crippen molar-refractivity contribution in [2.75, 3.05) is 0 Å². The number of aliphatic hydroxyl groups is 1. The van der Waals surface area contributed by atoms with Crippen LogP contribution in [0.25, 0.3) is 0 Å².